The molecule has 1 atom stereocenters. The standard InChI is InChI=1S/C10H11Cl2NO3/c1-3-8(10(14)15-2)16-9-7(12)4-6(11)5-13-9/h4-5,8H,3H2,1-2H3. The average molecular weight is 264 g/mol. The second kappa shape index (κ2) is 5.92. The Bertz CT molecular complexity index is 384. The minimum atomic E-state index is -0.712. The number of pyridine rings is 1. The zero-order valence-electron chi connectivity index (χ0n) is 8.87. The van der Waals surface area contributed by atoms with E-state index in [4.69, 9.17) is 27.9 Å². The van der Waals surface area contributed by atoms with Crippen molar-refractivity contribution in [3.63, 3.8) is 0 Å². The Hall–Kier alpha value is -1.00. The van der Waals surface area contributed by atoms with Gasteiger partial charge >= 0.3 is 5.97 Å². The lowest BCUT2D eigenvalue weighted by atomic mass is 10.3. The first-order valence-electron chi connectivity index (χ1n) is 4.64. The molecular formula is C10H11Cl2NO3. The molecule has 4 nitrogen and oxygen atoms in total. The highest BCUT2D eigenvalue weighted by Gasteiger charge is 2.20. The highest BCUT2D eigenvalue weighted by molar-refractivity contribution is 6.35. The van der Waals surface area contributed by atoms with Crippen molar-refractivity contribution in [2.75, 3.05) is 7.11 Å². The number of carbonyl (C=O) groups excluding carboxylic acids is 1. The van der Waals surface area contributed by atoms with Gasteiger partial charge in [0.15, 0.2) is 6.10 Å². The largest absolute Gasteiger partial charge is 0.466 e. The predicted octanol–water partition coefficient (Wildman–Crippen LogP) is 2.72. The fourth-order valence-electron chi connectivity index (χ4n) is 1.05. The lowest BCUT2D eigenvalue weighted by Crippen LogP contribution is -2.28. The number of nitrogens with zero attached hydrogens (tertiary/aromatic N) is 1. The summed E-state index contributed by atoms with van der Waals surface area (Å²) in [4.78, 5) is 15.2. The Balaban J connectivity index is 2.82. The molecule has 0 aliphatic heterocycles. The van der Waals surface area contributed by atoms with Gasteiger partial charge in [-0.05, 0) is 12.5 Å². The van der Waals surface area contributed by atoms with Gasteiger partial charge in [0, 0.05) is 6.20 Å². The topological polar surface area (TPSA) is 48.4 Å². The van der Waals surface area contributed by atoms with Crippen molar-refractivity contribution >= 4 is 29.2 Å². The first kappa shape index (κ1) is 13.1. The van der Waals surface area contributed by atoms with E-state index in [1.54, 1.807) is 6.92 Å². The van der Waals surface area contributed by atoms with E-state index < -0.39 is 12.1 Å². The van der Waals surface area contributed by atoms with Crippen molar-refractivity contribution in [3.8, 4) is 5.88 Å². The molecule has 1 aromatic heterocycles. The van der Waals surface area contributed by atoms with Gasteiger partial charge in [0.25, 0.3) is 0 Å². The van der Waals surface area contributed by atoms with Gasteiger partial charge in [-0.2, -0.15) is 0 Å². The van der Waals surface area contributed by atoms with Gasteiger partial charge < -0.3 is 9.47 Å². The SMILES string of the molecule is CCC(Oc1ncc(Cl)cc1Cl)C(=O)OC. The molecule has 1 aromatic rings. The maximum Gasteiger partial charge on any atom is 0.347 e. The number of hydrogen-bond acceptors (Lipinski definition) is 4. The van der Waals surface area contributed by atoms with Gasteiger partial charge in [-0.25, -0.2) is 9.78 Å². The van der Waals surface area contributed by atoms with Crippen LogP contribution in [0, 0.1) is 0 Å². The van der Waals surface area contributed by atoms with Crippen LogP contribution < -0.4 is 4.74 Å². The van der Waals surface area contributed by atoms with Crippen LogP contribution in [0.1, 0.15) is 13.3 Å². The fourth-order valence-corrected chi connectivity index (χ4v) is 1.48. The van der Waals surface area contributed by atoms with Crippen LogP contribution >= 0.6 is 23.2 Å². The molecule has 0 fully saturated rings. The van der Waals surface area contributed by atoms with Gasteiger partial charge in [0.2, 0.25) is 5.88 Å². The van der Waals surface area contributed by atoms with Gasteiger partial charge in [0.05, 0.1) is 12.1 Å². The average Bonchev–Trinajstić information content (AvgIpc) is 2.27. The summed E-state index contributed by atoms with van der Waals surface area (Å²) in [6.45, 7) is 1.80. The molecular weight excluding hydrogens is 253 g/mol. The number of methoxy groups -OCH3 is 1. The molecule has 0 spiro atoms. The van der Waals surface area contributed by atoms with E-state index in [2.05, 4.69) is 9.72 Å². The second-order valence-electron chi connectivity index (χ2n) is 2.98. The third kappa shape index (κ3) is 3.25. The van der Waals surface area contributed by atoms with E-state index in [0.717, 1.165) is 0 Å². The molecule has 88 valence electrons. The van der Waals surface area contributed by atoms with Gasteiger partial charge in [-0.3, -0.25) is 0 Å². The number of halogens is 2. The molecule has 6 heteroatoms. The molecule has 0 saturated heterocycles. The van der Waals surface area contributed by atoms with E-state index in [1.807, 2.05) is 0 Å². The summed E-state index contributed by atoms with van der Waals surface area (Å²) in [6, 6.07) is 1.50. The van der Waals surface area contributed by atoms with Crippen LogP contribution in [0.5, 0.6) is 5.88 Å². The normalized spacial score (nSPS) is 12.0. The molecule has 1 heterocycles. The van der Waals surface area contributed by atoms with E-state index in [0.29, 0.717) is 11.4 Å². The second-order valence-corrected chi connectivity index (χ2v) is 3.82. The Labute approximate surface area is 103 Å². The number of ether oxygens (including phenoxy) is 2. The van der Waals surface area contributed by atoms with Crippen molar-refractivity contribution in [1.82, 2.24) is 4.98 Å². The van der Waals surface area contributed by atoms with E-state index in [1.165, 1.54) is 19.4 Å². The van der Waals surface area contributed by atoms with Crippen LogP contribution in [0.2, 0.25) is 10.0 Å². The van der Waals surface area contributed by atoms with Gasteiger partial charge in [0.1, 0.15) is 5.02 Å². The maximum absolute atomic E-state index is 11.3. The minimum Gasteiger partial charge on any atom is -0.466 e. The molecule has 0 aliphatic rings. The predicted molar refractivity (Wildman–Crippen MR) is 61.0 cm³/mol. The molecule has 16 heavy (non-hydrogen) atoms. The molecule has 0 amide bonds. The summed E-state index contributed by atoms with van der Waals surface area (Å²) in [5.74, 6) is -0.293. The van der Waals surface area contributed by atoms with Gasteiger partial charge in [-0.1, -0.05) is 30.1 Å². The number of rotatable bonds is 4. The summed E-state index contributed by atoms with van der Waals surface area (Å²) in [7, 11) is 1.30. The van der Waals surface area contributed by atoms with Crippen LogP contribution in [0.15, 0.2) is 12.3 Å². The maximum atomic E-state index is 11.3. The van der Waals surface area contributed by atoms with Crippen molar-refractivity contribution in [3.05, 3.63) is 22.3 Å². The summed E-state index contributed by atoms with van der Waals surface area (Å²) in [5.41, 5.74) is 0. The molecule has 0 aliphatic carbocycles. The monoisotopic (exact) mass is 263 g/mol. The zero-order chi connectivity index (χ0) is 12.1. The van der Waals surface area contributed by atoms with Gasteiger partial charge in [-0.15, -0.1) is 0 Å². The zero-order valence-corrected chi connectivity index (χ0v) is 10.4. The first-order chi connectivity index (χ1) is 7.58. The Kier molecular flexibility index (Phi) is 4.83. The van der Waals surface area contributed by atoms with Crippen LogP contribution in [-0.4, -0.2) is 24.2 Å². The highest BCUT2D eigenvalue weighted by Crippen LogP contribution is 2.25. The quantitative estimate of drug-likeness (QED) is 0.784. The Morgan fingerprint density at radius 1 is 1.56 bits per heavy atom. The summed E-state index contributed by atoms with van der Waals surface area (Å²) in [6.07, 6.45) is 1.15. The van der Waals surface area contributed by atoms with Crippen molar-refractivity contribution in [2.45, 2.75) is 19.4 Å². The fraction of sp³-hybridized carbons (Fsp3) is 0.400. The minimum absolute atomic E-state index is 0.170. The summed E-state index contributed by atoms with van der Waals surface area (Å²) >= 11 is 11.5. The highest BCUT2D eigenvalue weighted by atomic mass is 35.5. The molecule has 0 bridgehead atoms. The van der Waals surface area contributed by atoms with Crippen molar-refractivity contribution < 1.29 is 14.3 Å². The van der Waals surface area contributed by atoms with Crippen molar-refractivity contribution in [2.24, 2.45) is 0 Å². The lowest BCUT2D eigenvalue weighted by molar-refractivity contribution is -0.149. The molecule has 0 radical (unpaired) electrons. The van der Waals surface area contributed by atoms with E-state index >= 15 is 0 Å². The first-order valence-corrected chi connectivity index (χ1v) is 5.39. The number of aromatic nitrogens is 1. The van der Waals surface area contributed by atoms with Crippen molar-refractivity contribution in [1.29, 1.82) is 0 Å². The molecule has 0 saturated carbocycles. The number of carbonyl (C=O) groups is 1. The molecule has 1 unspecified atom stereocenters. The van der Waals surface area contributed by atoms with Crippen LogP contribution in [-0.2, 0) is 9.53 Å². The van der Waals surface area contributed by atoms with E-state index in [9.17, 15) is 4.79 Å². The summed E-state index contributed by atoms with van der Waals surface area (Å²) in [5, 5.41) is 0.665. The molecule has 0 aromatic carbocycles. The molecule has 1 rings (SSSR count). The lowest BCUT2D eigenvalue weighted by Gasteiger charge is -2.14. The molecule has 0 N–H and O–H groups in total. The van der Waals surface area contributed by atoms with Crippen LogP contribution in [0.25, 0.3) is 0 Å². The Morgan fingerprint density at radius 3 is 2.75 bits per heavy atom. The summed E-state index contributed by atoms with van der Waals surface area (Å²) < 4.78 is 9.90. The smallest absolute Gasteiger partial charge is 0.347 e. The Morgan fingerprint density at radius 2 is 2.25 bits per heavy atom. The number of hydrogen-bond donors (Lipinski definition) is 0. The third-order valence-corrected chi connectivity index (χ3v) is 2.34. The number of esters is 1. The van der Waals surface area contributed by atoms with E-state index in [-0.39, 0.29) is 10.9 Å². The van der Waals surface area contributed by atoms with Crippen LogP contribution in [0.4, 0.5) is 0 Å². The third-order valence-electron chi connectivity index (χ3n) is 1.86. The van der Waals surface area contributed by atoms with Crippen LogP contribution in [0.3, 0.4) is 0 Å².